The highest BCUT2D eigenvalue weighted by Gasteiger charge is 2.46. The summed E-state index contributed by atoms with van der Waals surface area (Å²) in [5.74, 6) is 1.51. The fraction of sp³-hybridized carbons (Fsp3) is 0.375. The van der Waals surface area contributed by atoms with Crippen molar-refractivity contribution < 1.29 is 23.3 Å². The van der Waals surface area contributed by atoms with Gasteiger partial charge in [0.2, 0.25) is 0 Å². The van der Waals surface area contributed by atoms with Crippen molar-refractivity contribution in [3.8, 4) is 12.3 Å². The quantitative estimate of drug-likeness (QED) is 0.465. The van der Waals surface area contributed by atoms with Crippen molar-refractivity contribution in [3.63, 3.8) is 0 Å². The van der Waals surface area contributed by atoms with Crippen LogP contribution >= 0.6 is 0 Å². The minimum atomic E-state index is -3.78. The lowest BCUT2D eigenvalue weighted by Gasteiger charge is -2.26. The molecule has 0 bridgehead atoms. The van der Waals surface area contributed by atoms with Gasteiger partial charge < -0.3 is 4.84 Å². The molecule has 8 heteroatoms. The third-order valence-corrected chi connectivity index (χ3v) is 6.12. The van der Waals surface area contributed by atoms with E-state index in [4.69, 9.17) is 16.5 Å². The van der Waals surface area contributed by atoms with Gasteiger partial charge in [0.05, 0.1) is 5.71 Å². The summed E-state index contributed by atoms with van der Waals surface area (Å²) in [5, 5.41) is 12.8. The minimum absolute atomic E-state index is 0.131. The molecular formula is C16H18N2O5S. The van der Waals surface area contributed by atoms with E-state index >= 15 is 0 Å². The minimum Gasteiger partial charge on any atom is -0.392 e. The normalized spacial score (nSPS) is 19.6. The van der Waals surface area contributed by atoms with Gasteiger partial charge >= 0.3 is 0 Å². The second-order valence-electron chi connectivity index (χ2n) is 5.84. The van der Waals surface area contributed by atoms with Gasteiger partial charge in [0.15, 0.2) is 14.6 Å². The summed E-state index contributed by atoms with van der Waals surface area (Å²) < 4.78 is 22.1. The number of sulfone groups is 1. The molecule has 1 aliphatic heterocycles. The van der Waals surface area contributed by atoms with Crippen LogP contribution in [0.4, 0.5) is 0 Å². The van der Waals surface area contributed by atoms with Crippen molar-refractivity contribution in [2.75, 3.05) is 6.26 Å². The number of rotatable bonds is 5. The van der Waals surface area contributed by atoms with E-state index in [2.05, 4.69) is 11.1 Å². The Hall–Kier alpha value is -2.37. The summed E-state index contributed by atoms with van der Waals surface area (Å²) in [7, 11) is -3.78. The lowest BCUT2D eigenvalue weighted by atomic mass is 9.96. The van der Waals surface area contributed by atoms with Gasteiger partial charge in [-0.1, -0.05) is 23.2 Å². The predicted octanol–water partition coefficient (Wildman–Crippen LogP) is 0.860. The monoisotopic (exact) mass is 350 g/mol. The van der Waals surface area contributed by atoms with Crippen LogP contribution in [0.15, 0.2) is 29.4 Å². The highest BCUT2D eigenvalue weighted by molar-refractivity contribution is 7.92. The van der Waals surface area contributed by atoms with Crippen LogP contribution < -0.4 is 5.48 Å². The predicted molar refractivity (Wildman–Crippen MR) is 88.2 cm³/mol. The lowest BCUT2D eigenvalue weighted by Crippen LogP contribution is -2.51. The second kappa shape index (κ2) is 6.63. The Morgan fingerprint density at radius 2 is 2.12 bits per heavy atom. The summed E-state index contributed by atoms with van der Waals surface area (Å²) in [6.45, 7) is 1.25. The Morgan fingerprint density at radius 3 is 2.62 bits per heavy atom. The number of amides is 1. The number of nitrogens with one attached hydrogen (secondary N) is 1. The number of hydroxylamine groups is 1. The molecule has 2 atom stereocenters. The molecule has 0 unspecified atom stereocenters. The number of hydrogen-bond donors (Lipinski definition) is 2. The largest absolute Gasteiger partial charge is 0.392 e. The molecule has 0 fully saturated rings. The van der Waals surface area contributed by atoms with Crippen LogP contribution in [0.3, 0.4) is 0 Å². The first kappa shape index (κ1) is 18.0. The number of hydrogen-bond acceptors (Lipinski definition) is 6. The zero-order valence-corrected chi connectivity index (χ0v) is 14.1. The van der Waals surface area contributed by atoms with Crippen molar-refractivity contribution in [2.24, 2.45) is 5.16 Å². The SMILES string of the molecule is C#Cc1ccc(C2=NO[C@@H](C[C@](C)(C(=O)NO)S(C)(=O)=O)C2)cc1. The van der Waals surface area contributed by atoms with Crippen LogP contribution in [0.1, 0.15) is 30.9 Å². The molecule has 0 aliphatic carbocycles. The zero-order chi connectivity index (χ0) is 18.0. The molecule has 1 aromatic carbocycles. The average Bonchev–Trinajstić information content (AvgIpc) is 3.01. The van der Waals surface area contributed by atoms with E-state index in [9.17, 15) is 13.2 Å². The lowest BCUT2D eigenvalue weighted by molar-refractivity contribution is -0.132. The highest BCUT2D eigenvalue weighted by atomic mass is 32.2. The first-order chi connectivity index (χ1) is 11.2. The van der Waals surface area contributed by atoms with Crippen LogP contribution in [-0.2, 0) is 19.5 Å². The molecule has 1 heterocycles. The van der Waals surface area contributed by atoms with Gasteiger partial charge in [-0.15, -0.1) is 6.42 Å². The van der Waals surface area contributed by atoms with E-state index < -0.39 is 26.6 Å². The molecule has 1 amide bonds. The van der Waals surface area contributed by atoms with E-state index in [0.29, 0.717) is 12.1 Å². The van der Waals surface area contributed by atoms with E-state index in [-0.39, 0.29) is 6.42 Å². The van der Waals surface area contributed by atoms with Crippen LogP contribution in [0.5, 0.6) is 0 Å². The summed E-state index contributed by atoms with van der Waals surface area (Å²) in [4.78, 5) is 17.1. The van der Waals surface area contributed by atoms with E-state index in [0.717, 1.165) is 17.4 Å². The second-order valence-corrected chi connectivity index (χ2v) is 8.28. The highest BCUT2D eigenvalue weighted by Crippen LogP contribution is 2.29. The molecule has 24 heavy (non-hydrogen) atoms. The van der Waals surface area contributed by atoms with Gasteiger partial charge in [-0.2, -0.15) is 0 Å². The third-order valence-electron chi connectivity index (χ3n) is 4.14. The topological polar surface area (TPSA) is 105 Å². The number of terminal acetylenes is 1. The third kappa shape index (κ3) is 3.42. The molecular weight excluding hydrogens is 332 g/mol. The Kier molecular flexibility index (Phi) is 4.96. The number of benzene rings is 1. The number of carbonyl (C=O) groups is 1. The Bertz CT molecular complexity index is 808. The van der Waals surface area contributed by atoms with Gasteiger partial charge in [0.1, 0.15) is 6.10 Å². The molecule has 0 saturated carbocycles. The van der Waals surface area contributed by atoms with Crippen LogP contribution in [0.25, 0.3) is 0 Å². The summed E-state index contributed by atoms with van der Waals surface area (Å²) >= 11 is 0. The van der Waals surface area contributed by atoms with Gasteiger partial charge in [0.25, 0.3) is 5.91 Å². The first-order valence-corrected chi connectivity index (χ1v) is 9.04. The van der Waals surface area contributed by atoms with Crippen LogP contribution in [-0.4, -0.2) is 42.4 Å². The summed E-state index contributed by atoms with van der Waals surface area (Å²) in [6.07, 6.45) is 5.87. The molecule has 0 spiro atoms. The molecule has 0 aromatic heterocycles. The van der Waals surface area contributed by atoms with Crippen LogP contribution in [0, 0.1) is 12.3 Å². The molecule has 128 valence electrons. The summed E-state index contributed by atoms with van der Waals surface area (Å²) in [6, 6.07) is 7.14. The van der Waals surface area contributed by atoms with Gasteiger partial charge in [-0.05, 0) is 24.6 Å². The van der Waals surface area contributed by atoms with Crippen molar-refractivity contribution in [2.45, 2.75) is 30.6 Å². The standard InChI is InChI=1S/C16H18N2O5S/c1-4-11-5-7-12(8-6-11)14-9-13(23-18-14)10-16(2,15(19)17-20)24(3,21)22/h1,5-8,13,20H,9-10H2,2-3H3,(H,17,19)/t13-,16-/m1/s1. The molecule has 7 nitrogen and oxygen atoms in total. The van der Waals surface area contributed by atoms with E-state index in [1.807, 2.05) is 0 Å². The van der Waals surface area contributed by atoms with Crippen LogP contribution in [0.2, 0.25) is 0 Å². The number of carbonyl (C=O) groups excluding carboxylic acids is 1. The molecule has 1 aliphatic rings. The molecule has 2 N–H and O–H groups in total. The maximum Gasteiger partial charge on any atom is 0.264 e. The first-order valence-electron chi connectivity index (χ1n) is 7.15. The van der Waals surface area contributed by atoms with Gasteiger partial charge in [-0.25, -0.2) is 13.9 Å². The van der Waals surface area contributed by atoms with Crippen molar-refractivity contribution in [1.29, 1.82) is 0 Å². The zero-order valence-electron chi connectivity index (χ0n) is 13.3. The Balaban J connectivity index is 2.14. The molecule has 0 saturated heterocycles. The van der Waals surface area contributed by atoms with Gasteiger partial charge in [-0.3, -0.25) is 10.0 Å². The number of nitrogens with zero attached hydrogens (tertiary/aromatic N) is 1. The molecule has 0 radical (unpaired) electrons. The maximum atomic E-state index is 12.0. The fourth-order valence-electron chi connectivity index (χ4n) is 2.43. The Labute approximate surface area is 140 Å². The molecule has 1 aromatic rings. The fourth-order valence-corrected chi connectivity index (χ4v) is 3.30. The van der Waals surface area contributed by atoms with Crippen molar-refractivity contribution in [3.05, 3.63) is 35.4 Å². The Morgan fingerprint density at radius 1 is 1.50 bits per heavy atom. The van der Waals surface area contributed by atoms with E-state index in [1.54, 1.807) is 24.3 Å². The number of oxime groups is 1. The van der Waals surface area contributed by atoms with Crippen molar-refractivity contribution in [1.82, 2.24) is 5.48 Å². The maximum absolute atomic E-state index is 12.0. The smallest absolute Gasteiger partial charge is 0.264 e. The van der Waals surface area contributed by atoms with E-state index in [1.165, 1.54) is 12.4 Å². The average molecular weight is 350 g/mol. The summed E-state index contributed by atoms with van der Waals surface area (Å²) in [5.41, 5.74) is 3.60. The molecule has 2 rings (SSSR count). The van der Waals surface area contributed by atoms with Crippen molar-refractivity contribution >= 4 is 21.5 Å². The van der Waals surface area contributed by atoms with Gasteiger partial charge in [0, 0.05) is 24.7 Å².